The molecule has 0 saturated carbocycles. The fourth-order valence-electron chi connectivity index (χ4n) is 2.87. The van der Waals surface area contributed by atoms with Gasteiger partial charge in [-0.25, -0.2) is 9.18 Å². The lowest BCUT2D eigenvalue weighted by molar-refractivity contribution is 0.0526. The molecular weight excluding hydrogens is 319 g/mol. The second-order valence-corrected chi connectivity index (χ2v) is 5.93. The van der Waals surface area contributed by atoms with Crippen LogP contribution in [0.4, 0.5) is 15.8 Å². The maximum absolute atomic E-state index is 14.3. The molecule has 0 atom stereocenters. The molecule has 0 spiro atoms. The molecule has 0 radical (unpaired) electrons. The van der Waals surface area contributed by atoms with Gasteiger partial charge in [0.2, 0.25) is 0 Å². The number of nitrogens with zero attached hydrogens (tertiary/aromatic N) is 2. The van der Waals surface area contributed by atoms with Crippen LogP contribution in [0.5, 0.6) is 0 Å². The molecule has 0 unspecified atom stereocenters. The normalized spacial score (nSPS) is 14.2. The standard InChI is InChI=1S/C20H21FN2O2/c1-2-25-20(24)16-6-8-17(9-7-16)22-14-15-5-10-19(18(21)13-15)23-11-3-4-12-23/h5-10,13-14H,2-4,11-12H2,1H3. The van der Waals surface area contributed by atoms with Crippen LogP contribution >= 0.6 is 0 Å². The molecule has 3 rings (SSSR count). The van der Waals surface area contributed by atoms with Crippen LogP contribution < -0.4 is 4.90 Å². The number of carbonyl (C=O) groups excluding carboxylic acids is 1. The predicted octanol–water partition coefficient (Wildman–Crippen LogP) is 4.35. The summed E-state index contributed by atoms with van der Waals surface area (Å²) in [5, 5.41) is 0. The highest BCUT2D eigenvalue weighted by Crippen LogP contribution is 2.24. The Labute approximate surface area is 146 Å². The van der Waals surface area contributed by atoms with E-state index < -0.39 is 0 Å². The number of hydrogen-bond donors (Lipinski definition) is 0. The van der Waals surface area contributed by atoms with E-state index in [2.05, 4.69) is 9.89 Å². The van der Waals surface area contributed by atoms with E-state index >= 15 is 0 Å². The molecule has 25 heavy (non-hydrogen) atoms. The number of carbonyl (C=O) groups is 1. The fourth-order valence-corrected chi connectivity index (χ4v) is 2.87. The Morgan fingerprint density at radius 3 is 2.56 bits per heavy atom. The van der Waals surface area contributed by atoms with Gasteiger partial charge in [-0.05, 0) is 61.7 Å². The monoisotopic (exact) mass is 340 g/mol. The van der Waals surface area contributed by atoms with Crippen molar-refractivity contribution in [2.75, 3.05) is 24.6 Å². The zero-order chi connectivity index (χ0) is 17.6. The van der Waals surface area contributed by atoms with Gasteiger partial charge in [-0.1, -0.05) is 6.07 Å². The van der Waals surface area contributed by atoms with Gasteiger partial charge in [0, 0.05) is 19.3 Å². The zero-order valence-corrected chi connectivity index (χ0v) is 14.2. The van der Waals surface area contributed by atoms with Crippen molar-refractivity contribution in [2.24, 2.45) is 4.99 Å². The van der Waals surface area contributed by atoms with Crippen LogP contribution in [0.25, 0.3) is 0 Å². The van der Waals surface area contributed by atoms with Crippen molar-refractivity contribution in [3.63, 3.8) is 0 Å². The first-order valence-electron chi connectivity index (χ1n) is 8.53. The third-order valence-corrected chi connectivity index (χ3v) is 4.16. The van der Waals surface area contributed by atoms with Crippen LogP contribution in [-0.2, 0) is 4.74 Å². The van der Waals surface area contributed by atoms with Gasteiger partial charge in [0.25, 0.3) is 0 Å². The summed E-state index contributed by atoms with van der Waals surface area (Å²) in [6.07, 6.45) is 3.85. The molecule has 0 amide bonds. The molecule has 1 aliphatic heterocycles. The average Bonchev–Trinajstić information content (AvgIpc) is 3.15. The molecule has 1 fully saturated rings. The summed E-state index contributed by atoms with van der Waals surface area (Å²) in [5.41, 5.74) is 2.54. The summed E-state index contributed by atoms with van der Waals surface area (Å²) in [6.45, 7) is 3.94. The van der Waals surface area contributed by atoms with Gasteiger partial charge in [-0.15, -0.1) is 0 Å². The van der Waals surface area contributed by atoms with Crippen LogP contribution in [-0.4, -0.2) is 31.9 Å². The third-order valence-electron chi connectivity index (χ3n) is 4.16. The number of rotatable bonds is 5. The van der Waals surface area contributed by atoms with Crippen molar-refractivity contribution in [3.05, 3.63) is 59.4 Å². The van der Waals surface area contributed by atoms with Crippen molar-refractivity contribution in [1.82, 2.24) is 0 Å². The molecule has 0 N–H and O–H groups in total. The molecule has 2 aromatic rings. The molecule has 130 valence electrons. The summed E-state index contributed by atoms with van der Waals surface area (Å²) >= 11 is 0. The summed E-state index contributed by atoms with van der Waals surface area (Å²) < 4.78 is 19.2. The lowest BCUT2D eigenvalue weighted by atomic mass is 10.2. The van der Waals surface area contributed by atoms with Crippen molar-refractivity contribution in [2.45, 2.75) is 19.8 Å². The Hall–Kier alpha value is -2.69. The quantitative estimate of drug-likeness (QED) is 0.600. The highest BCUT2D eigenvalue weighted by molar-refractivity contribution is 5.90. The highest BCUT2D eigenvalue weighted by atomic mass is 19.1. The Kier molecular flexibility index (Phi) is 5.43. The third kappa shape index (κ3) is 4.24. The number of aliphatic imine (C=N–C) groups is 1. The second kappa shape index (κ2) is 7.92. The smallest absolute Gasteiger partial charge is 0.338 e. The lowest BCUT2D eigenvalue weighted by Gasteiger charge is -2.18. The van der Waals surface area contributed by atoms with Crippen LogP contribution in [0.15, 0.2) is 47.5 Å². The number of esters is 1. The van der Waals surface area contributed by atoms with E-state index in [-0.39, 0.29) is 11.8 Å². The molecule has 0 aliphatic carbocycles. The van der Waals surface area contributed by atoms with Gasteiger partial charge in [-0.3, -0.25) is 4.99 Å². The van der Waals surface area contributed by atoms with Gasteiger partial charge in [0.15, 0.2) is 0 Å². The van der Waals surface area contributed by atoms with Crippen LogP contribution in [0.3, 0.4) is 0 Å². The van der Waals surface area contributed by atoms with E-state index in [1.165, 1.54) is 6.07 Å². The highest BCUT2D eigenvalue weighted by Gasteiger charge is 2.15. The van der Waals surface area contributed by atoms with E-state index in [4.69, 9.17) is 4.74 Å². The summed E-state index contributed by atoms with van der Waals surface area (Å²) in [5.74, 6) is -0.568. The van der Waals surface area contributed by atoms with E-state index in [1.807, 2.05) is 12.1 Å². The molecule has 1 saturated heterocycles. The van der Waals surface area contributed by atoms with Crippen LogP contribution in [0, 0.1) is 5.82 Å². The van der Waals surface area contributed by atoms with E-state index in [9.17, 15) is 9.18 Å². The molecule has 0 aromatic heterocycles. The van der Waals surface area contributed by atoms with Crippen molar-refractivity contribution >= 4 is 23.6 Å². The van der Waals surface area contributed by atoms with E-state index in [0.717, 1.165) is 25.9 Å². The van der Waals surface area contributed by atoms with Crippen molar-refractivity contribution in [3.8, 4) is 0 Å². The molecule has 0 bridgehead atoms. The van der Waals surface area contributed by atoms with E-state index in [0.29, 0.717) is 29.1 Å². The minimum absolute atomic E-state index is 0.219. The first-order chi connectivity index (χ1) is 12.2. The maximum atomic E-state index is 14.3. The first kappa shape index (κ1) is 17.1. The Balaban J connectivity index is 1.69. The molecule has 5 heteroatoms. The summed E-state index contributed by atoms with van der Waals surface area (Å²) in [6, 6.07) is 12.0. The molecular formula is C20H21FN2O2. The summed E-state index contributed by atoms with van der Waals surface area (Å²) in [7, 11) is 0. The SMILES string of the molecule is CCOC(=O)c1ccc(N=Cc2ccc(N3CCCC3)c(F)c2)cc1. The molecule has 1 aliphatic rings. The minimum atomic E-state index is -0.349. The van der Waals surface area contributed by atoms with Crippen LogP contribution in [0.2, 0.25) is 0 Å². The topological polar surface area (TPSA) is 41.9 Å². The van der Waals surface area contributed by atoms with Gasteiger partial charge >= 0.3 is 5.97 Å². The number of hydrogen-bond acceptors (Lipinski definition) is 4. The van der Waals surface area contributed by atoms with Crippen molar-refractivity contribution < 1.29 is 13.9 Å². The Bertz CT molecular complexity index is 766. The summed E-state index contributed by atoms with van der Waals surface area (Å²) in [4.78, 5) is 18.0. The Morgan fingerprint density at radius 2 is 1.92 bits per heavy atom. The van der Waals surface area contributed by atoms with Gasteiger partial charge in [0.05, 0.1) is 23.5 Å². The lowest BCUT2D eigenvalue weighted by Crippen LogP contribution is -2.18. The predicted molar refractivity (Wildman–Crippen MR) is 97.5 cm³/mol. The van der Waals surface area contributed by atoms with Gasteiger partial charge in [-0.2, -0.15) is 0 Å². The minimum Gasteiger partial charge on any atom is -0.462 e. The second-order valence-electron chi connectivity index (χ2n) is 5.93. The van der Waals surface area contributed by atoms with Crippen molar-refractivity contribution in [1.29, 1.82) is 0 Å². The average molecular weight is 340 g/mol. The number of ether oxygens (including phenoxy) is 1. The number of anilines is 1. The van der Waals surface area contributed by atoms with Crippen LogP contribution in [0.1, 0.15) is 35.7 Å². The molecule has 2 aromatic carbocycles. The maximum Gasteiger partial charge on any atom is 0.338 e. The Morgan fingerprint density at radius 1 is 1.20 bits per heavy atom. The van der Waals surface area contributed by atoms with Gasteiger partial charge < -0.3 is 9.64 Å². The number of benzene rings is 2. The first-order valence-corrected chi connectivity index (χ1v) is 8.53. The molecule has 4 nitrogen and oxygen atoms in total. The molecule has 1 heterocycles. The number of halogens is 1. The zero-order valence-electron chi connectivity index (χ0n) is 14.2. The van der Waals surface area contributed by atoms with E-state index in [1.54, 1.807) is 37.4 Å². The fraction of sp³-hybridized carbons (Fsp3) is 0.300. The largest absolute Gasteiger partial charge is 0.462 e. The van der Waals surface area contributed by atoms with Gasteiger partial charge in [0.1, 0.15) is 5.82 Å².